The minimum Gasteiger partial charge on any atom is -0.462 e. The summed E-state index contributed by atoms with van der Waals surface area (Å²) in [5.41, 5.74) is 1.98. The summed E-state index contributed by atoms with van der Waals surface area (Å²) in [7, 11) is 0. The van der Waals surface area contributed by atoms with Crippen LogP contribution in [-0.2, 0) is 28.1 Å². The summed E-state index contributed by atoms with van der Waals surface area (Å²) in [6.07, 6.45) is 2.75. The zero-order valence-corrected chi connectivity index (χ0v) is 20.4. The van der Waals surface area contributed by atoms with Gasteiger partial charge in [0, 0.05) is 16.7 Å². The Labute approximate surface area is 194 Å². The van der Waals surface area contributed by atoms with E-state index in [1.54, 1.807) is 18.7 Å². The van der Waals surface area contributed by atoms with Gasteiger partial charge in [-0.2, -0.15) is 11.8 Å². The molecule has 1 aliphatic rings. The number of aromatic nitrogens is 2. The predicted molar refractivity (Wildman–Crippen MR) is 128 cm³/mol. The van der Waals surface area contributed by atoms with Crippen LogP contribution in [0.4, 0.5) is 5.00 Å². The van der Waals surface area contributed by atoms with E-state index in [0.29, 0.717) is 33.1 Å². The largest absolute Gasteiger partial charge is 0.462 e. The average Bonchev–Trinajstić information content (AvgIpc) is 3.07. The third-order valence-electron chi connectivity index (χ3n) is 4.81. The van der Waals surface area contributed by atoms with Crippen molar-refractivity contribution in [3.8, 4) is 0 Å². The normalized spacial score (nSPS) is 15.4. The van der Waals surface area contributed by atoms with Crippen LogP contribution in [0.1, 0.15) is 53.7 Å². The fourth-order valence-corrected chi connectivity index (χ4v) is 6.06. The molecule has 1 aliphatic carbocycles. The maximum absolute atomic E-state index is 12.6. The monoisotopic (exact) mass is 481 g/mol. The van der Waals surface area contributed by atoms with Crippen LogP contribution < -0.4 is 10.9 Å². The second kappa shape index (κ2) is 11.2. The summed E-state index contributed by atoms with van der Waals surface area (Å²) < 4.78 is 5.25. The minimum absolute atomic E-state index is 0.0779. The molecule has 0 saturated heterocycles. The van der Waals surface area contributed by atoms with Crippen LogP contribution in [0, 0.1) is 5.92 Å². The number of thioether (sulfide) groups is 2. The molecule has 10 heteroatoms. The molecule has 168 valence electrons. The molecule has 1 unspecified atom stereocenters. The molecular formula is C21H27N3O4S3. The standard InChI is InChI=1S/C21H27N3O4S3/c1-4-28-20(27)18-14-7-6-12(3)8-15(14)31-19(18)23-17(26)11-30-21-22-13(10-29-5-2)9-16(25)24-21/h9,12H,4-8,10-11H2,1-3H3,(H,23,26)(H,22,24,25). The van der Waals surface area contributed by atoms with Gasteiger partial charge in [-0.15, -0.1) is 11.3 Å². The van der Waals surface area contributed by atoms with Gasteiger partial charge >= 0.3 is 5.97 Å². The van der Waals surface area contributed by atoms with Gasteiger partial charge in [0.2, 0.25) is 5.91 Å². The van der Waals surface area contributed by atoms with Crippen LogP contribution in [0.2, 0.25) is 0 Å². The summed E-state index contributed by atoms with van der Waals surface area (Å²) in [5, 5.41) is 3.86. The Morgan fingerprint density at radius 3 is 2.94 bits per heavy atom. The van der Waals surface area contributed by atoms with Crippen LogP contribution in [0.15, 0.2) is 16.0 Å². The number of hydrogen-bond acceptors (Lipinski definition) is 8. The van der Waals surface area contributed by atoms with Gasteiger partial charge in [0.05, 0.1) is 23.6 Å². The number of ether oxygens (including phenoxy) is 1. The van der Waals surface area contributed by atoms with Crippen LogP contribution in [0.25, 0.3) is 0 Å². The number of H-pyrrole nitrogens is 1. The number of carbonyl (C=O) groups excluding carboxylic acids is 2. The highest BCUT2D eigenvalue weighted by atomic mass is 32.2. The Hall–Kier alpha value is -1.78. The lowest BCUT2D eigenvalue weighted by molar-refractivity contribution is -0.113. The van der Waals surface area contributed by atoms with Gasteiger partial charge in [0.15, 0.2) is 5.16 Å². The SMILES string of the molecule is CCOC(=O)c1c(NC(=O)CSc2nc(CSCC)cc(=O)[nH]2)sc2c1CCC(C)C2. The van der Waals surface area contributed by atoms with E-state index in [1.165, 1.54) is 29.2 Å². The summed E-state index contributed by atoms with van der Waals surface area (Å²) in [4.78, 5) is 45.3. The van der Waals surface area contributed by atoms with Gasteiger partial charge in [-0.05, 0) is 43.4 Å². The number of fused-ring (bicyclic) bond motifs is 1. The lowest BCUT2D eigenvalue weighted by Crippen LogP contribution is -2.18. The number of thiophene rings is 1. The summed E-state index contributed by atoms with van der Waals surface area (Å²) in [6, 6.07) is 1.48. The van der Waals surface area contributed by atoms with E-state index < -0.39 is 0 Å². The van der Waals surface area contributed by atoms with Crippen molar-refractivity contribution in [2.75, 3.05) is 23.4 Å². The number of nitrogens with zero attached hydrogens (tertiary/aromatic N) is 1. The smallest absolute Gasteiger partial charge is 0.341 e. The fraction of sp³-hybridized carbons (Fsp3) is 0.524. The Morgan fingerprint density at radius 1 is 1.39 bits per heavy atom. The quantitative estimate of drug-likeness (QED) is 0.316. The van der Waals surface area contributed by atoms with Crippen LogP contribution in [0.5, 0.6) is 0 Å². The summed E-state index contributed by atoms with van der Waals surface area (Å²) in [5.74, 6) is 1.59. The maximum atomic E-state index is 12.6. The molecule has 0 aliphatic heterocycles. The predicted octanol–water partition coefficient (Wildman–Crippen LogP) is 4.12. The van der Waals surface area contributed by atoms with Crippen molar-refractivity contribution in [2.45, 2.75) is 50.9 Å². The fourth-order valence-electron chi connectivity index (χ4n) is 3.39. The van der Waals surface area contributed by atoms with E-state index in [1.807, 2.05) is 6.92 Å². The lowest BCUT2D eigenvalue weighted by Gasteiger charge is -2.18. The van der Waals surface area contributed by atoms with Gasteiger partial charge in [-0.3, -0.25) is 9.59 Å². The van der Waals surface area contributed by atoms with E-state index >= 15 is 0 Å². The number of nitrogens with one attached hydrogen (secondary N) is 2. The van der Waals surface area contributed by atoms with Crippen molar-refractivity contribution in [1.29, 1.82) is 0 Å². The first-order chi connectivity index (χ1) is 14.9. The molecule has 2 N–H and O–H groups in total. The van der Waals surface area contributed by atoms with Crippen molar-refractivity contribution in [2.24, 2.45) is 5.92 Å². The van der Waals surface area contributed by atoms with E-state index in [2.05, 4.69) is 22.2 Å². The van der Waals surface area contributed by atoms with E-state index in [9.17, 15) is 14.4 Å². The molecule has 0 saturated carbocycles. The molecule has 3 rings (SSSR count). The number of anilines is 1. The van der Waals surface area contributed by atoms with Gasteiger partial charge in [0.25, 0.3) is 5.56 Å². The van der Waals surface area contributed by atoms with Crippen molar-refractivity contribution < 1.29 is 14.3 Å². The third-order valence-corrected chi connectivity index (χ3v) is 7.76. The van der Waals surface area contributed by atoms with E-state index in [4.69, 9.17) is 4.74 Å². The maximum Gasteiger partial charge on any atom is 0.341 e. The highest BCUT2D eigenvalue weighted by Gasteiger charge is 2.29. The highest BCUT2D eigenvalue weighted by molar-refractivity contribution is 7.99. The van der Waals surface area contributed by atoms with E-state index in [0.717, 1.165) is 35.5 Å². The average molecular weight is 482 g/mol. The zero-order chi connectivity index (χ0) is 22.4. The Kier molecular flexibility index (Phi) is 8.62. The number of aromatic amines is 1. The first-order valence-electron chi connectivity index (χ1n) is 10.3. The van der Waals surface area contributed by atoms with Crippen LogP contribution in [0.3, 0.4) is 0 Å². The van der Waals surface area contributed by atoms with Crippen LogP contribution >= 0.6 is 34.9 Å². The summed E-state index contributed by atoms with van der Waals surface area (Å²) >= 11 is 4.32. The molecule has 1 atom stereocenters. The Morgan fingerprint density at radius 2 is 2.19 bits per heavy atom. The first kappa shape index (κ1) is 23.9. The van der Waals surface area contributed by atoms with Crippen LogP contribution in [-0.4, -0.2) is 40.0 Å². The minimum atomic E-state index is -0.385. The molecule has 1 amide bonds. The Bertz CT molecular complexity index is 1000. The second-order valence-electron chi connectivity index (χ2n) is 7.29. The third kappa shape index (κ3) is 6.36. The molecule has 2 aromatic rings. The lowest BCUT2D eigenvalue weighted by atomic mass is 9.88. The molecular weight excluding hydrogens is 454 g/mol. The number of esters is 1. The second-order valence-corrected chi connectivity index (χ2v) is 10.6. The topological polar surface area (TPSA) is 101 Å². The number of amides is 1. The molecule has 0 radical (unpaired) electrons. The van der Waals surface area contributed by atoms with Crippen molar-refractivity contribution in [3.63, 3.8) is 0 Å². The highest BCUT2D eigenvalue weighted by Crippen LogP contribution is 2.40. The molecule has 2 heterocycles. The van der Waals surface area contributed by atoms with Crippen molar-refractivity contribution in [1.82, 2.24) is 9.97 Å². The molecule has 0 aromatic carbocycles. The summed E-state index contributed by atoms with van der Waals surface area (Å²) in [6.45, 7) is 6.30. The number of rotatable bonds is 9. The number of carbonyl (C=O) groups is 2. The first-order valence-corrected chi connectivity index (χ1v) is 13.3. The van der Waals surface area contributed by atoms with E-state index in [-0.39, 0.29) is 29.8 Å². The molecule has 0 fully saturated rings. The molecule has 0 spiro atoms. The van der Waals surface area contributed by atoms with Gasteiger partial charge in [-0.25, -0.2) is 9.78 Å². The number of hydrogen-bond donors (Lipinski definition) is 2. The van der Waals surface area contributed by atoms with Crippen molar-refractivity contribution in [3.05, 3.63) is 38.1 Å². The van der Waals surface area contributed by atoms with Gasteiger partial charge in [-0.1, -0.05) is 25.6 Å². The molecule has 0 bridgehead atoms. The Balaban J connectivity index is 1.71. The van der Waals surface area contributed by atoms with Crippen molar-refractivity contribution >= 4 is 51.7 Å². The van der Waals surface area contributed by atoms with Gasteiger partial charge < -0.3 is 15.0 Å². The zero-order valence-electron chi connectivity index (χ0n) is 17.9. The molecule has 7 nitrogen and oxygen atoms in total. The molecule has 2 aromatic heterocycles. The van der Waals surface area contributed by atoms with Gasteiger partial charge in [0.1, 0.15) is 5.00 Å². The molecule has 31 heavy (non-hydrogen) atoms.